The Morgan fingerprint density at radius 3 is 2.47 bits per heavy atom. The molecule has 0 saturated heterocycles. The van der Waals surface area contributed by atoms with E-state index in [-0.39, 0.29) is 18.2 Å². The number of carbonyl (C=O) groups excluding carboxylic acids is 1. The number of carboxylic acid groups (broad SMARTS) is 1. The normalized spacial score (nSPS) is 28.5. The maximum absolute atomic E-state index is 12.0. The summed E-state index contributed by atoms with van der Waals surface area (Å²) in [5.41, 5.74) is 0. The van der Waals surface area contributed by atoms with E-state index in [1.165, 1.54) is 19.3 Å². The Kier molecular flexibility index (Phi) is 5.23. The topological polar surface area (TPSA) is 66.4 Å². The Morgan fingerprint density at radius 2 is 1.84 bits per heavy atom. The zero-order valence-corrected chi connectivity index (χ0v) is 11.6. The summed E-state index contributed by atoms with van der Waals surface area (Å²) in [5.74, 6) is 1.30. The number of carbonyl (C=O) groups is 2. The molecular formula is C15H25NO3. The third kappa shape index (κ3) is 4.22. The van der Waals surface area contributed by atoms with E-state index in [0.717, 1.165) is 44.6 Å². The lowest BCUT2D eigenvalue weighted by atomic mass is 9.88. The van der Waals surface area contributed by atoms with Crippen LogP contribution >= 0.6 is 0 Å². The molecule has 2 aliphatic carbocycles. The smallest absolute Gasteiger partial charge is 0.303 e. The van der Waals surface area contributed by atoms with Gasteiger partial charge in [-0.25, -0.2) is 0 Å². The number of hydrogen-bond acceptors (Lipinski definition) is 2. The quantitative estimate of drug-likeness (QED) is 0.664. The van der Waals surface area contributed by atoms with E-state index in [9.17, 15) is 9.59 Å². The van der Waals surface area contributed by atoms with Gasteiger partial charge in [-0.3, -0.25) is 9.59 Å². The molecule has 0 heterocycles. The lowest BCUT2D eigenvalue weighted by Crippen LogP contribution is -2.34. The molecule has 0 radical (unpaired) electrons. The minimum Gasteiger partial charge on any atom is -0.481 e. The summed E-state index contributed by atoms with van der Waals surface area (Å²) < 4.78 is 0. The van der Waals surface area contributed by atoms with Gasteiger partial charge in [0.15, 0.2) is 0 Å². The molecule has 19 heavy (non-hydrogen) atoms. The van der Waals surface area contributed by atoms with Crippen molar-refractivity contribution in [2.75, 3.05) is 6.54 Å². The Bertz CT molecular complexity index is 329. The van der Waals surface area contributed by atoms with Crippen molar-refractivity contribution < 1.29 is 14.7 Å². The molecule has 2 N–H and O–H groups in total. The fourth-order valence-corrected chi connectivity index (χ4v) is 3.66. The average molecular weight is 267 g/mol. The molecule has 2 rings (SSSR count). The van der Waals surface area contributed by atoms with E-state index in [1.54, 1.807) is 0 Å². The van der Waals surface area contributed by atoms with Gasteiger partial charge in [0.1, 0.15) is 0 Å². The third-order valence-corrected chi connectivity index (χ3v) is 4.69. The minimum absolute atomic E-state index is 0.261. The van der Waals surface area contributed by atoms with Crippen molar-refractivity contribution in [3.8, 4) is 0 Å². The van der Waals surface area contributed by atoms with Crippen molar-refractivity contribution in [2.45, 2.75) is 57.8 Å². The first kappa shape index (κ1) is 14.4. The van der Waals surface area contributed by atoms with Crippen LogP contribution in [0.2, 0.25) is 0 Å². The molecule has 2 aliphatic rings. The predicted molar refractivity (Wildman–Crippen MR) is 72.7 cm³/mol. The number of amides is 1. The molecule has 3 unspecified atom stereocenters. The lowest BCUT2D eigenvalue weighted by Gasteiger charge is -2.20. The number of aliphatic carboxylic acids is 1. The van der Waals surface area contributed by atoms with Crippen molar-refractivity contribution in [3.05, 3.63) is 0 Å². The molecule has 2 saturated carbocycles. The fraction of sp³-hybridized carbons (Fsp3) is 0.867. The summed E-state index contributed by atoms with van der Waals surface area (Å²) in [5, 5.41) is 11.6. The monoisotopic (exact) mass is 267 g/mol. The summed E-state index contributed by atoms with van der Waals surface area (Å²) in [6.45, 7) is 0.750. The van der Waals surface area contributed by atoms with Gasteiger partial charge in [-0.1, -0.05) is 19.3 Å². The Hall–Kier alpha value is -1.06. The van der Waals surface area contributed by atoms with Gasteiger partial charge in [0.05, 0.1) is 0 Å². The van der Waals surface area contributed by atoms with Crippen LogP contribution in [-0.2, 0) is 9.59 Å². The molecule has 4 nitrogen and oxygen atoms in total. The molecule has 0 aliphatic heterocycles. The SMILES string of the molecule is O=C(O)CCCCCCNC(=O)C1CC2CCC1C2. The first-order chi connectivity index (χ1) is 9.16. The highest BCUT2D eigenvalue weighted by atomic mass is 16.4. The molecule has 0 aromatic heterocycles. The maximum atomic E-state index is 12.0. The molecule has 2 fully saturated rings. The molecule has 1 amide bonds. The van der Waals surface area contributed by atoms with Crippen LogP contribution in [0.25, 0.3) is 0 Å². The van der Waals surface area contributed by atoms with Crippen molar-refractivity contribution in [3.63, 3.8) is 0 Å². The van der Waals surface area contributed by atoms with Crippen molar-refractivity contribution in [1.29, 1.82) is 0 Å². The van der Waals surface area contributed by atoms with Gasteiger partial charge in [-0.05, 0) is 43.9 Å². The molecule has 0 aromatic carbocycles. The van der Waals surface area contributed by atoms with Crippen LogP contribution in [-0.4, -0.2) is 23.5 Å². The van der Waals surface area contributed by atoms with Crippen LogP contribution in [0.5, 0.6) is 0 Å². The molecule has 108 valence electrons. The highest BCUT2D eigenvalue weighted by Crippen LogP contribution is 2.48. The average Bonchev–Trinajstić information content (AvgIpc) is 2.99. The van der Waals surface area contributed by atoms with Crippen molar-refractivity contribution >= 4 is 11.9 Å². The van der Waals surface area contributed by atoms with E-state index in [4.69, 9.17) is 5.11 Å². The molecule has 0 aromatic rings. The van der Waals surface area contributed by atoms with Gasteiger partial charge in [0, 0.05) is 18.9 Å². The summed E-state index contributed by atoms with van der Waals surface area (Å²) in [4.78, 5) is 22.4. The number of carboxylic acids is 1. The van der Waals surface area contributed by atoms with Gasteiger partial charge < -0.3 is 10.4 Å². The molecular weight excluding hydrogens is 242 g/mol. The number of nitrogens with one attached hydrogen (secondary N) is 1. The molecule has 2 bridgehead atoms. The Labute approximate surface area is 115 Å². The van der Waals surface area contributed by atoms with Crippen LogP contribution in [0.3, 0.4) is 0 Å². The van der Waals surface area contributed by atoms with Crippen molar-refractivity contribution in [2.24, 2.45) is 17.8 Å². The van der Waals surface area contributed by atoms with Gasteiger partial charge in [0.25, 0.3) is 0 Å². The van der Waals surface area contributed by atoms with Crippen LogP contribution in [0, 0.1) is 17.8 Å². The first-order valence-corrected chi connectivity index (χ1v) is 7.66. The van der Waals surface area contributed by atoms with Gasteiger partial charge >= 0.3 is 5.97 Å². The lowest BCUT2D eigenvalue weighted by molar-refractivity contribution is -0.137. The zero-order chi connectivity index (χ0) is 13.7. The minimum atomic E-state index is -0.718. The predicted octanol–water partition coefficient (Wildman–Crippen LogP) is 2.57. The molecule has 3 atom stereocenters. The first-order valence-electron chi connectivity index (χ1n) is 7.66. The Balaban J connectivity index is 1.49. The van der Waals surface area contributed by atoms with Crippen LogP contribution < -0.4 is 5.32 Å². The maximum Gasteiger partial charge on any atom is 0.303 e. The Morgan fingerprint density at radius 1 is 1.05 bits per heavy atom. The summed E-state index contributed by atoms with van der Waals surface area (Å²) in [6, 6.07) is 0. The molecule has 4 heteroatoms. The number of rotatable bonds is 8. The number of unbranched alkanes of at least 4 members (excludes halogenated alkanes) is 3. The van der Waals surface area contributed by atoms with Crippen molar-refractivity contribution in [1.82, 2.24) is 5.32 Å². The van der Waals surface area contributed by atoms with E-state index in [1.807, 2.05) is 0 Å². The third-order valence-electron chi connectivity index (χ3n) is 4.69. The van der Waals surface area contributed by atoms with Gasteiger partial charge in [0.2, 0.25) is 5.91 Å². The summed E-state index contributed by atoms with van der Waals surface area (Å²) in [7, 11) is 0. The highest BCUT2D eigenvalue weighted by Gasteiger charge is 2.42. The van der Waals surface area contributed by atoms with Crippen LogP contribution in [0.1, 0.15) is 57.8 Å². The summed E-state index contributed by atoms with van der Waals surface area (Å²) in [6.07, 6.45) is 8.87. The van der Waals surface area contributed by atoms with Crippen LogP contribution in [0.4, 0.5) is 0 Å². The van der Waals surface area contributed by atoms with Crippen LogP contribution in [0.15, 0.2) is 0 Å². The van der Waals surface area contributed by atoms with E-state index >= 15 is 0 Å². The highest BCUT2D eigenvalue weighted by molar-refractivity contribution is 5.79. The van der Waals surface area contributed by atoms with Gasteiger partial charge in [-0.2, -0.15) is 0 Å². The number of hydrogen-bond donors (Lipinski definition) is 2. The fourth-order valence-electron chi connectivity index (χ4n) is 3.66. The second-order valence-corrected chi connectivity index (χ2v) is 6.13. The zero-order valence-electron chi connectivity index (χ0n) is 11.6. The summed E-state index contributed by atoms with van der Waals surface area (Å²) >= 11 is 0. The van der Waals surface area contributed by atoms with E-state index in [2.05, 4.69) is 5.32 Å². The van der Waals surface area contributed by atoms with E-state index < -0.39 is 5.97 Å². The second-order valence-electron chi connectivity index (χ2n) is 6.13. The number of fused-ring (bicyclic) bond motifs is 2. The second kappa shape index (κ2) is 6.92. The van der Waals surface area contributed by atoms with E-state index in [0.29, 0.717) is 5.92 Å². The largest absolute Gasteiger partial charge is 0.481 e. The standard InChI is InChI=1S/C15H25NO3/c17-14(18)5-3-1-2-4-8-16-15(19)13-10-11-6-7-12(13)9-11/h11-13H,1-10H2,(H,16,19)(H,17,18). The van der Waals surface area contributed by atoms with Gasteiger partial charge in [-0.15, -0.1) is 0 Å². The molecule has 0 spiro atoms.